The third-order valence-corrected chi connectivity index (χ3v) is 4.75. The second kappa shape index (κ2) is 3.99. The third kappa shape index (κ3) is 2.01. The molecule has 1 amide bonds. The average molecular weight is 257 g/mol. The first-order valence-corrected chi connectivity index (χ1v) is 7.32. The van der Waals surface area contributed by atoms with Crippen LogP contribution in [0.15, 0.2) is 18.2 Å². The van der Waals surface area contributed by atoms with Crippen LogP contribution in [0.4, 0.5) is 0 Å². The molecule has 1 N–H and O–H groups in total. The van der Waals surface area contributed by atoms with Gasteiger partial charge in [-0.05, 0) is 56.2 Å². The number of ether oxygens (including phenoxy) is 1. The zero-order chi connectivity index (χ0) is 12.9. The molecule has 1 aromatic rings. The third-order valence-electron chi connectivity index (χ3n) is 4.75. The summed E-state index contributed by atoms with van der Waals surface area (Å²) in [6, 6.07) is 5.92. The van der Waals surface area contributed by atoms with Gasteiger partial charge in [-0.15, -0.1) is 0 Å². The minimum absolute atomic E-state index is 0.0658. The Labute approximate surface area is 113 Å². The van der Waals surface area contributed by atoms with Gasteiger partial charge in [-0.25, -0.2) is 0 Å². The molecular formula is C16H19NO2. The van der Waals surface area contributed by atoms with Gasteiger partial charge in [0.05, 0.1) is 6.61 Å². The number of nitrogens with one attached hydrogen (secondary N) is 1. The Bertz CT molecular complexity index is 530. The highest BCUT2D eigenvalue weighted by Gasteiger charge is 2.47. The van der Waals surface area contributed by atoms with E-state index in [1.807, 2.05) is 12.1 Å². The van der Waals surface area contributed by atoms with Gasteiger partial charge in [0.2, 0.25) is 0 Å². The number of carbonyl (C=O) groups is 1. The van der Waals surface area contributed by atoms with Crippen LogP contribution in [-0.2, 0) is 5.41 Å². The molecule has 3 heteroatoms. The lowest BCUT2D eigenvalue weighted by Gasteiger charge is -2.26. The number of fused-ring (bicyclic) bond motifs is 2. The number of hydrogen-bond acceptors (Lipinski definition) is 2. The molecule has 100 valence electrons. The van der Waals surface area contributed by atoms with Gasteiger partial charge in [-0.1, -0.05) is 0 Å². The highest BCUT2D eigenvalue weighted by Crippen LogP contribution is 2.55. The van der Waals surface area contributed by atoms with Crippen LogP contribution in [0.5, 0.6) is 5.75 Å². The second-order valence-electron chi connectivity index (χ2n) is 6.24. The summed E-state index contributed by atoms with van der Waals surface area (Å²) >= 11 is 0. The quantitative estimate of drug-likeness (QED) is 0.904. The van der Waals surface area contributed by atoms with E-state index in [2.05, 4.69) is 11.4 Å². The molecule has 1 aliphatic heterocycles. The molecule has 4 rings (SSSR count). The Hall–Kier alpha value is -1.51. The van der Waals surface area contributed by atoms with E-state index in [0.717, 1.165) is 36.8 Å². The van der Waals surface area contributed by atoms with Gasteiger partial charge in [0.1, 0.15) is 5.75 Å². The maximum absolute atomic E-state index is 12.1. The van der Waals surface area contributed by atoms with Gasteiger partial charge in [-0.2, -0.15) is 0 Å². The number of carbonyl (C=O) groups excluding carboxylic acids is 1. The van der Waals surface area contributed by atoms with Gasteiger partial charge in [0.25, 0.3) is 5.91 Å². The molecule has 19 heavy (non-hydrogen) atoms. The predicted molar refractivity (Wildman–Crippen MR) is 72.5 cm³/mol. The zero-order valence-electron chi connectivity index (χ0n) is 11.1. The zero-order valence-corrected chi connectivity index (χ0v) is 11.1. The molecule has 2 fully saturated rings. The van der Waals surface area contributed by atoms with Crippen molar-refractivity contribution in [3.63, 3.8) is 0 Å². The largest absolute Gasteiger partial charge is 0.493 e. The predicted octanol–water partition coefficient (Wildman–Crippen LogP) is 2.64. The molecule has 0 aromatic heterocycles. The van der Waals surface area contributed by atoms with E-state index in [4.69, 9.17) is 4.74 Å². The van der Waals surface area contributed by atoms with Gasteiger partial charge in [0, 0.05) is 23.1 Å². The molecule has 1 spiro atoms. The van der Waals surface area contributed by atoms with E-state index >= 15 is 0 Å². The van der Waals surface area contributed by atoms with E-state index < -0.39 is 0 Å². The molecule has 0 atom stereocenters. The highest BCUT2D eigenvalue weighted by atomic mass is 16.5. The topological polar surface area (TPSA) is 38.3 Å². The maximum Gasteiger partial charge on any atom is 0.251 e. The number of rotatable bonds is 3. The summed E-state index contributed by atoms with van der Waals surface area (Å²) in [6.07, 6.45) is 6.13. The van der Waals surface area contributed by atoms with Gasteiger partial charge in [-0.3, -0.25) is 4.79 Å². The maximum atomic E-state index is 12.1. The lowest BCUT2D eigenvalue weighted by molar-refractivity contribution is 0.0951. The summed E-state index contributed by atoms with van der Waals surface area (Å²) in [5.41, 5.74) is 2.38. The summed E-state index contributed by atoms with van der Waals surface area (Å²) in [6.45, 7) is 1.65. The first-order chi connectivity index (χ1) is 9.27. The van der Waals surface area contributed by atoms with Crippen LogP contribution in [0, 0.1) is 5.92 Å². The average Bonchev–Trinajstić information content (AvgIpc) is 3.32. The molecule has 0 saturated heterocycles. The van der Waals surface area contributed by atoms with E-state index in [1.165, 1.54) is 31.2 Å². The van der Waals surface area contributed by atoms with E-state index in [9.17, 15) is 4.79 Å². The van der Waals surface area contributed by atoms with E-state index in [-0.39, 0.29) is 5.91 Å². The van der Waals surface area contributed by atoms with Crippen molar-refractivity contribution in [2.75, 3.05) is 13.2 Å². The van der Waals surface area contributed by atoms with Gasteiger partial charge >= 0.3 is 0 Å². The number of amides is 1. The Morgan fingerprint density at radius 2 is 2.16 bits per heavy atom. The first-order valence-electron chi connectivity index (χ1n) is 7.32. The Kier molecular flexibility index (Phi) is 2.38. The molecule has 0 bridgehead atoms. The standard InChI is InChI=1S/C16H19NO2/c18-15(17-10-11-1-2-11)12-3-4-14-13(9-12)16(5-6-16)7-8-19-14/h3-4,9,11H,1-2,5-8,10H2,(H,17,18). The summed E-state index contributed by atoms with van der Waals surface area (Å²) in [5.74, 6) is 1.78. The smallest absolute Gasteiger partial charge is 0.251 e. The Morgan fingerprint density at radius 3 is 2.89 bits per heavy atom. The van der Waals surface area contributed by atoms with Crippen LogP contribution in [-0.4, -0.2) is 19.1 Å². The molecule has 1 aromatic carbocycles. The minimum atomic E-state index is 0.0658. The fraction of sp³-hybridized carbons (Fsp3) is 0.562. The lowest BCUT2D eigenvalue weighted by Crippen LogP contribution is -2.26. The molecule has 0 radical (unpaired) electrons. The monoisotopic (exact) mass is 257 g/mol. The molecule has 1 heterocycles. The fourth-order valence-electron chi connectivity index (χ4n) is 3.03. The van der Waals surface area contributed by atoms with Crippen molar-refractivity contribution in [1.29, 1.82) is 0 Å². The Balaban J connectivity index is 1.57. The number of hydrogen-bond donors (Lipinski definition) is 1. The van der Waals surface area contributed by atoms with Crippen molar-refractivity contribution in [3.05, 3.63) is 29.3 Å². The molecular weight excluding hydrogens is 238 g/mol. The summed E-state index contributed by atoms with van der Waals surface area (Å²) in [7, 11) is 0. The van der Waals surface area contributed by atoms with Crippen LogP contribution >= 0.6 is 0 Å². The van der Waals surface area contributed by atoms with Crippen molar-refractivity contribution in [2.24, 2.45) is 5.92 Å². The van der Waals surface area contributed by atoms with Crippen LogP contribution in [0.3, 0.4) is 0 Å². The molecule has 0 unspecified atom stereocenters. The van der Waals surface area contributed by atoms with Crippen LogP contribution in [0.2, 0.25) is 0 Å². The first kappa shape index (κ1) is 11.3. The fourth-order valence-corrected chi connectivity index (χ4v) is 3.03. The SMILES string of the molecule is O=C(NCC1CC1)c1ccc2c(c1)C1(CCO2)CC1. The highest BCUT2D eigenvalue weighted by molar-refractivity contribution is 5.94. The molecule has 3 aliphatic rings. The second-order valence-corrected chi connectivity index (χ2v) is 6.24. The molecule has 2 aliphatic carbocycles. The van der Waals surface area contributed by atoms with E-state index in [1.54, 1.807) is 0 Å². The summed E-state index contributed by atoms with van der Waals surface area (Å²) in [4.78, 5) is 12.1. The van der Waals surface area contributed by atoms with Crippen LogP contribution in [0.1, 0.15) is 48.0 Å². The normalized spacial score (nSPS) is 22.5. The molecule has 3 nitrogen and oxygen atoms in total. The van der Waals surface area contributed by atoms with Crippen LogP contribution < -0.4 is 10.1 Å². The van der Waals surface area contributed by atoms with Gasteiger partial charge < -0.3 is 10.1 Å². The summed E-state index contributed by atoms with van der Waals surface area (Å²) in [5, 5.41) is 3.04. The minimum Gasteiger partial charge on any atom is -0.493 e. The Morgan fingerprint density at radius 1 is 1.32 bits per heavy atom. The van der Waals surface area contributed by atoms with Crippen molar-refractivity contribution in [2.45, 2.75) is 37.5 Å². The van der Waals surface area contributed by atoms with Gasteiger partial charge in [0.15, 0.2) is 0 Å². The number of benzene rings is 1. The summed E-state index contributed by atoms with van der Waals surface area (Å²) < 4.78 is 5.71. The van der Waals surface area contributed by atoms with Crippen molar-refractivity contribution >= 4 is 5.91 Å². The van der Waals surface area contributed by atoms with Crippen molar-refractivity contribution in [3.8, 4) is 5.75 Å². The van der Waals surface area contributed by atoms with E-state index in [0.29, 0.717) is 5.41 Å². The molecule has 2 saturated carbocycles. The van der Waals surface area contributed by atoms with Crippen LogP contribution in [0.25, 0.3) is 0 Å². The lowest BCUT2D eigenvalue weighted by atomic mass is 9.88. The van der Waals surface area contributed by atoms with Crippen molar-refractivity contribution in [1.82, 2.24) is 5.32 Å². The van der Waals surface area contributed by atoms with Crippen molar-refractivity contribution < 1.29 is 9.53 Å².